The molecule has 0 aliphatic heterocycles. The van der Waals surface area contributed by atoms with Crippen molar-refractivity contribution in [3.8, 4) is 0 Å². The second-order valence-corrected chi connectivity index (χ2v) is 6.38. The molecule has 0 spiro atoms. The van der Waals surface area contributed by atoms with Crippen LogP contribution in [0.25, 0.3) is 0 Å². The number of amides is 1. The zero-order valence-corrected chi connectivity index (χ0v) is 12.9. The molecule has 2 aromatic heterocycles. The first-order chi connectivity index (χ1) is 8.97. The molecule has 7 heteroatoms. The number of pyridine rings is 1. The predicted octanol–water partition coefficient (Wildman–Crippen LogP) is 4.38. The van der Waals surface area contributed by atoms with Gasteiger partial charge in [-0.2, -0.15) is 0 Å². The van der Waals surface area contributed by atoms with Crippen molar-refractivity contribution in [3.05, 3.63) is 49.3 Å². The highest BCUT2D eigenvalue weighted by molar-refractivity contribution is 7.16. The molecule has 0 aliphatic carbocycles. The van der Waals surface area contributed by atoms with Crippen molar-refractivity contribution in [2.75, 3.05) is 7.05 Å². The third-order valence-electron chi connectivity index (χ3n) is 2.41. The maximum Gasteiger partial charge on any atom is 0.257 e. The summed E-state index contributed by atoms with van der Waals surface area (Å²) in [4.78, 5) is 18.6. The molecule has 0 N–H and O–H groups in total. The summed E-state index contributed by atoms with van der Waals surface area (Å²) in [6.07, 6.45) is 0. The van der Waals surface area contributed by atoms with Crippen molar-refractivity contribution in [1.29, 1.82) is 0 Å². The van der Waals surface area contributed by atoms with E-state index in [0.717, 1.165) is 4.88 Å². The average Bonchev–Trinajstić information content (AvgIpc) is 2.74. The third-order valence-corrected chi connectivity index (χ3v) is 4.13. The number of hydrogen-bond acceptors (Lipinski definition) is 3. The van der Waals surface area contributed by atoms with E-state index < -0.39 is 0 Å². The largest absolute Gasteiger partial charge is 0.336 e. The van der Waals surface area contributed by atoms with Crippen LogP contribution in [0, 0.1) is 0 Å². The van der Waals surface area contributed by atoms with Gasteiger partial charge in [-0.15, -0.1) is 11.3 Å². The van der Waals surface area contributed by atoms with E-state index in [4.69, 9.17) is 34.8 Å². The Morgan fingerprint density at radius 3 is 2.58 bits per heavy atom. The van der Waals surface area contributed by atoms with Crippen LogP contribution < -0.4 is 0 Å². The summed E-state index contributed by atoms with van der Waals surface area (Å²) in [6, 6.07) is 6.80. The highest BCUT2D eigenvalue weighted by Crippen LogP contribution is 2.24. The quantitative estimate of drug-likeness (QED) is 0.780. The van der Waals surface area contributed by atoms with Gasteiger partial charge in [0.2, 0.25) is 0 Å². The lowest BCUT2D eigenvalue weighted by Gasteiger charge is -2.16. The van der Waals surface area contributed by atoms with Crippen molar-refractivity contribution in [2.45, 2.75) is 6.54 Å². The normalized spacial score (nSPS) is 10.5. The number of nitrogens with zero attached hydrogens (tertiary/aromatic N) is 2. The van der Waals surface area contributed by atoms with Crippen LogP contribution in [0.3, 0.4) is 0 Å². The Bertz CT molecular complexity index is 615. The van der Waals surface area contributed by atoms with Crippen LogP contribution in [0.4, 0.5) is 0 Å². The number of rotatable bonds is 3. The Morgan fingerprint density at radius 2 is 2.00 bits per heavy atom. The van der Waals surface area contributed by atoms with Gasteiger partial charge in [-0.05, 0) is 24.3 Å². The summed E-state index contributed by atoms with van der Waals surface area (Å²) in [7, 11) is 1.70. The molecule has 0 aromatic carbocycles. The van der Waals surface area contributed by atoms with Crippen molar-refractivity contribution in [2.24, 2.45) is 0 Å². The van der Waals surface area contributed by atoms with Crippen molar-refractivity contribution >= 4 is 52.0 Å². The van der Waals surface area contributed by atoms with E-state index in [0.29, 0.717) is 16.4 Å². The summed E-state index contributed by atoms with van der Waals surface area (Å²) in [5.41, 5.74) is 0.330. The molecule has 0 aliphatic rings. The topological polar surface area (TPSA) is 33.2 Å². The molecule has 0 unspecified atom stereocenters. The zero-order valence-electron chi connectivity index (χ0n) is 9.86. The summed E-state index contributed by atoms with van der Waals surface area (Å²) in [5, 5.41) is 0.364. The third kappa shape index (κ3) is 3.60. The Kier molecular flexibility index (Phi) is 4.68. The van der Waals surface area contributed by atoms with Crippen LogP contribution >= 0.6 is 46.1 Å². The number of aromatic nitrogens is 1. The van der Waals surface area contributed by atoms with Crippen LogP contribution in [-0.2, 0) is 6.54 Å². The highest BCUT2D eigenvalue weighted by Gasteiger charge is 2.17. The molecule has 0 fully saturated rings. The molecule has 1 amide bonds. The van der Waals surface area contributed by atoms with Crippen LogP contribution in [0.5, 0.6) is 0 Å². The van der Waals surface area contributed by atoms with Gasteiger partial charge < -0.3 is 4.90 Å². The first kappa shape index (κ1) is 14.6. The highest BCUT2D eigenvalue weighted by atomic mass is 35.5. The Labute approximate surface area is 129 Å². The number of thiophene rings is 1. The fraction of sp³-hybridized carbons (Fsp3) is 0.167. The van der Waals surface area contributed by atoms with Gasteiger partial charge in [0.25, 0.3) is 5.91 Å². The summed E-state index contributed by atoms with van der Waals surface area (Å²) in [6.45, 7) is 0.467. The molecule has 2 aromatic rings. The molecule has 0 radical (unpaired) electrons. The van der Waals surface area contributed by atoms with E-state index in [-0.39, 0.29) is 16.2 Å². The first-order valence-electron chi connectivity index (χ1n) is 5.29. The van der Waals surface area contributed by atoms with E-state index in [1.807, 2.05) is 6.07 Å². The number of hydrogen-bond donors (Lipinski definition) is 0. The van der Waals surface area contributed by atoms with Crippen molar-refractivity contribution < 1.29 is 4.79 Å². The van der Waals surface area contributed by atoms with Gasteiger partial charge in [0, 0.05) is 11.9 Å². The van der Waals surface area contributed by atoms with E-state index in [9.17, 15) is 4.79 Å². The predicted molar refractivity (Wildman–Crippen MR) is 79.4 cm³/mol. The minimum absolute atomic E-state index is 0.105. The number of carbonyl (C=O) groups is 1. The lowest BCUT2D eigenvalue weighted by atomic mass is 10.2. The van der Waals surface area contributed by atoms with Gasteiger partial charge in [-0.3, -0.25) is 4.79 Å². The minimum atomic E-state index is -0.210. The molecule has 100 valence electrons. The monoisotopic (exact) mass is 334 g/mol. The SMILES string of the molecule is CN(Cc1ccc(Cl)s1)C(=O)c1ccc(Cl)nc1Cl. The average molecular weight is 336 g/mol. The molecule has 19 heavy (non-hydrogen) atoms. The van der Waals surface area contributed by atoms with Crippen LogP contribution in [0.2, 0.25) is 14.6 Å². The van der Waals surface area contributed by atoms with E-state index >= 15 is 0 Å². The summed E-state index contributed by atoms with van der Waals surface area (Å²) >= 11 is 18.9. The standard InChI is InChI=1S/C12H9Cl3N2OS/c1-17(6-7-2-5-10(14)19-7)12(18)8-3-4-9(13)16-11(8)15/h2-5H,6H2,1H3. The molecular formula is C12H9Cl3N2OS. The fourth-order valence-electron chi connectivity index (χ4n) is 1.52. The Hall–Kier alpha value is -0.810. The molecule has 0 atom stereocenters. The van der Waals surface area contributed by atoms with Crippen molar-refractivity contribution in [1.82, 2.24) is 9.88 Å². The van der Waals surface area contributed by atoms with Crippen LogP contribution in [0.15, 0.2) is 24.3 Å². The van der Waals surface area contributed by atoms with E-state index in [2.05, 4.69) is 4.98 Å². The molecule has 2 rings (SSSR count). The maximum absolute atomic E-state index is 12.2. The lowest BCUT2D eigenvalue weighted by molar-refractivity contribution is 0.0786. The Balaban J connectivity index is 2.14. The minimum Gasteiger partial charge on any atom is -0.336 e. The number of halogens is 3. The van der Waals surface area contributed by atoms with Crippen molar-refractivity contribution in [3.63, 3.8) is 0 Å². The van der Waals surface area contributed by atoms with Gasteiger partial charge >= 0.3 is 0 Å². The zero-order chi connectivity index (χ0) is 14.0. The molecule has 2 heterocycles. The van der Waals surface area contributed by atoms with Gasteiger partial charge in [0.05, 0.1) is 16.4 Å². The molecule has 0 saturated carbocycles. The summed E-state index contributed by atoms with van der Waals surface area (Å²) < 4.78 is 0.696. The summed E-state index contributed by atoms with van der Waals surface area (Å²) in [5.74, 6) is -0.210. The molecular weight excluding hydrogens is 327 g/mol. The molecule has 0 bridgehead atoms. The Morgan fingerprint density at radius 1 is 1.26 bits per heavy atom. The van der Waals surface area contributed by atoms with Crippen LogP contribution in [0.1, 0.15) is 15.2 Å². The van der Waals surface area contributed by atoms with Gasteiger partial charge in [-0.1, -0.05) is 34.8 Å². The molecule has 0 saturated heterocycles. The second kappa shape index (κ2) is 6.09. The van der Waals surface area contributed by atoms with E-state index in [1.165, 1.54) is 17.4 Å². The fourth-order valence-corrected chi connectivity index (χ4v) is 3.09. The van der Waals surface area contributed by atoms with Crippen LogP contribution in [-0.4, -0.2) is 22.8 Å². The lowest BCUT2D eigenvalue weighted by Crippen LogP contribution is -2.26. The first-order valence-corrected chi connectivity index (χ1v) is 7.24. The molecule has 3 nitrogen and oxygen atoms in total. The smallest absolute Gasteiger partial charge is 0.257 e. The number of carbonyl (C=O) groups excluding carboxylic acids is 1. The van der Waals surface area contributed by atoms with Gasteiger partial charge in [-0.25, -0.2) is 4.98 Å². The maximum atomic E-state index is 12.2. The van der Waals surface area contributed by atoms with Gasteiger partial charge in [0.1, 0.15) is 10.3 Å². The second-order valence-electron chi connectivity index (χ2n) is 3.84. The van der Waals surface area contributed by atoms with E-state index in [1.54, 1.807) is 24.1 Å². The van der Waals surface area contributed by atoms with Gasteiger partial charge in [0.15, 0.2) is 0 Å².